The minimum Gasteiger partial charge on any atom is -0.488 e. The maximum atomic E-state index is 12.2. The Bertz CT molecular complexity index is 1750. The summed E-state index contributed by atoms with van der Waals surface area (Å²) in [5.74, 6) is 1.75. The minimum atomic E-state index is -0.915. The number of rotatable bonds is 18. The Morgan fingerprint density at radius 1 is 0.706 bits per heavy atom. The van der Waals surface area contributed by atoms with Crippen molar-refractivity contribution >= 4 is 35.5 Å². The van der Waals surface area contributed by atoms with Crippen LogP contribution in [0.3, 0.4) is 0 Å². The van der Waals surface area contributed by atoms with Crippen molar-refractivity contribution in [2.45, 2.75) is 74.9 Å². The molecule has 3 atom stereocenters. The van der Waals surface area contributed by atoms with E-state index in [0.29, 0.717) is 23.0 Å². The number of thioether (sulfide) groups is 2. The average Bonchev–Trinajstić information content (AvgIpc) is 3.13. The molecule has 0 aliphatic heterocycles. The normalized spacial score (nSPS) is 13.6. The SMILES string of the molecule is C=CC(=O)OC(C)C(Oc1ccc(C(C)(C)c2ccc(OCC(C)(OC(=O)C=C)SCc3ccc(C)cc3)cc2)cc1)SCc1ccc(C)cc1. The van der Waals surface area contributed by atoms with E-state index in [0.717, 1.165) is 22.3 Å². The summed E-state index contributed by atoms with van der Waals surface area (Å²) in [6.45, 7) is 19.4. The van der Waals surface area contributed by atoms with Gasteiger partial charge in [0.1, 0.15) is 24.2 Å². The van der Waals surface area contributed by atoms with E-state index in [1.165, 1.54) is 35.0 Å². The molecule has 0 bridgehead atoms. The molecule has 268 valence electrons. The fourth-order valence-electron chi connectivity index (χ4n) is 5.12. The largest absolute Gasteiger partial charge is 0.488 e. The highest BCUT2D eigenvalue weighted by Crippen LogP contribution is 2.36. The lowest BCUT2D eigenvalue weighted by atomic mass is 9.78. The van der Waals surface area contributed by atoms with Gasteiger partial charge in [0.2, 0.25) is 0 Å². The van der Waals surface area contributed by atoms with Crippen LogP contribution in [0.15, 0.2) is 122 Å². The van der Waals surface area contributed by atoms with E-state index in [9.17, 15) is 9.59 Å². The Labute approximate surface area is 311 Å². The summed E-state index contributed by atoms with van der Waals surface area (Å²) in [6.07, 6.45) is 1.84. The molecule has 3 unspecified atom stereocenters. The molecule has 0 aliphatic carbocycles. The van der Waals surface area contributed by atoms with Gasteiger partial charge < -0.3 is 18.9 Å². The molecular weight excluding hydrogens is 677 g/mol. The number of carbonyl (C=O) groups excluding carboxylic acids is 2. The lowest BCUT2D eigenvalue weighted by Crippen LogP contribution is -2.34. The molecule has 4 rings (SSSR count). The van der Waals surface area contributed by atoms with E-state index >= 15 is 0 Å². The maximum Gasteiger partial charge on any atom is 0.331 e. The van der Waals surface area contributed by atoms with Crippen molar-refractivity contribution in [3.63, 3.8) is 0 Å². The van der Waals surface area contributed by atoms with E-state index in [2.05, 4.69) is 114 Å². The van der Waals surface area contributed by atoms with Gasteiger partial charge in [-0.05, 0) is 74.2 Å². The van der Waals surface area contributed by atoms with Gasteiger partial charge in [-0.1, -0.05) is 111 Å². The number of esters is 2. The summed E-state index contributed by atoms with van der Waals surface area (Å²) in [5.41, 5.74) is 6.16. The van der Waals surface area contributed by atoms with Gasteiger partial charge in [0, 0.05) is 29.1 Å². The summed E-state index contributed by atoms with van der Waals surface area (Å²) in [7, 11) is 0. The summed E-state index contributed by atoms with van der Waals surface area (Å²) < 4.78 is 23.8. The van der Waals surface area contributed by atoms with Crippen LogP contribution in [-0.4, -0.2) is 35.0 Å². The second-order valence-electron chi connectivity index (χ2n) is 13.1. The predicted molar refractivity (Wildman–Crippen MR) is 210 cm³/mol. The first-order valence-electron chi connectivity index (χ1n) is 16.9. The molecule has 8 heteroatoms. The molecule has 0 spiro atoms. The van der Waals surface area contributed by atoms with Crippen molar-refractivity contribution in [1.29, 1.82) is 0 Å². The van der Waals surface area contributed by atoms with Gasteiger partial charge in [-0.25, -0.2) is 9.59 Å². The predicted octanol–water partition coefficient (Wildman–Crippen LogP) is 10.1. The Morgan fingerprint density at radius 3 is 1.71 bits per heavy atom. The van der Waals surface area contributed by atoms with E-state index in [-0.39, 0.29) is 12.0 Å². The standard InChI is InChI=1S/C43H48O6S2/c1-9-39(44)47-32(5)41(50-27-33-15-11-30(3)12-16-33)48-38-25-21-36(22-26-38)42(6,7)35-19-23-37(24-20-35)46-29-43(8,49-40(45)10-2)51-28-34-17-13-31(4)14-18-34/h9-26,32,41H,1-2,27-29H2,3-8H3. The highest BCUT2D eigenvalue weighted by atomic mass is 32.2. The molecule has 0 radical (unpaired) electrons. The Balaban J connectivity index is 1.41. The van der Waals surface area contributed by atoms with Gasteiger partial charge >= 0.3 is 11.9 Å². The van der Waals surface area contributed by atoms with E-state index in [4.69, 9.17) is 18.9 Å². The molecule has 0 aromatic heterocycles. The third-order valence-corrected chi connectivity index (χ3v) is 11.0. The fourth-order valence-corrected chi connectivity index (χ4v) is 7.13. The second kappa shape index (κ2) is 18.2. The first-order chi connectivity index (χ1) is 24.3. The quantitative estimate of drug-likeness (QED) is 0.0571. The van der Waals surface area contributed by atoms with Crippen LogP contribution in [0.4, 0.5) is 0 Å². The van der Waals surface area contributed by atoms with Crippen LogP contribution in [0.5, 0.6) is 11.5 Å². The number of ether oxygens (including phenoxy) is 4. The molecule has 6 nitrogen and oxygen atoms in total. The smallest absolute Gasteiger partial charge is 0.331 e. The van der Waals surface area contributed by atoms with E-state index in [1.54, 1.807) is 11.8 Å². The lowest BCUT2D eigenvalue weighted by Gasteiger charge is -2.29. The Hall–Kier alpha value is -4.40. The molecule has 0 heterocycles. The molecule has 0 amide bonds. The van der Waals surface area contributed by atoms with Gasteiger partial charge in [0.05, 0.1) is 0 Å². The van der Waals surface area contributed by atoms with Crippen molar-refractivity contribution in [3.8, 4) is 11.5 Å². The van der Waals surface area contributed by atoms with Gasteiger partial charge in [-0.15, -0.1) is 23.5 Å². The molecular formula is C43H48O6S2. The highest BCUT2D eigenvalue weighted by molar-refractivity contribution is 7.99. The van der Waals surface area contributed by atoms with Gasteiger partial charge in [-0.2, -0.15) is 0 Å². The molecule has 4 aromatic rings. The zero-order valence-electron chi connectivity index (χ0n) is 30.3. The summed E-state index contributed by atoms with van der Waals surface area (Å²) in [4.78, 5) is 23.3. The molecule has 4 aromatic carbocycles. The summed E-state index contributed by atoms with van der Waals surface area (Å²) >= 11 is 3.09. The molecule has 51 heavy (non-hydrogen) atoms. The first-order valence-corrected chi connectivity index (χ1v) is 18.9. The lowest BCUT2D eigenvalue weighted by molar-refractivity contribution is -0.146. The van der Waals surface area contributed by atoms with Crippen molar-refractivity contribution < 1.29 is 28.5 Å². The molecule has 0 N–H and O–H groups in total. The highest BCUT2D eigenvalue weighted by Gasteiger charge is 2.31. The van der Waals surface area contributed by atoms with E-state index < -0.39 is 28.4 Å². The van der Waals surface area contributed by atoms with Crippen LogP contribution in [0.25, 0.3) is 0 Å². The zero-order chi connectivity index (χ0) is 37.0. The number of hydrogen-bond acceptors (Lipinski definition) is 8. The number of aryl methyl sites for hydroxylation is 2. The van der Waals surface area contributed by atoms with Crippen LogP contribution in [-0.2, 0) is 36.0 Å². The van der Waals surface area contributed by atoms with Crippen LogP contribution >= 0.6 is 23.5 Å². The molecule has 0 fully saturated rings. The maximum absolute atomic E-state index is 12.2. The van der Waals surface area contributed by atoms with Crippen LogP contribution < -0.4 is 9.47 Å². The number of hydrogen-bond donors (Lipinski definition) is 0. The zero-order valence-corrected chi connectivity index (χ0v) is 32.0. The van der Waals surface area contributed by atoms with Crippen LogP contribution in [0.1, 0.15) is 61.1 Å². The van der Waals surface area contributed by atoms with Gasteiger partial charge in [0.15, 0.2) is 10.4 Å². The summed E-state index contributed by atoms with van der Waals surface area (Å²) in [6, 6.07) is 32.7. The van der Waals surface area contributed by atoms with Crippen LogP contribution in [0, 0.1) is 13.8 Å². The van der Waals surface area contributed by atoms with Crippen molar-refractivity contribution in [2.24, 2.45) is 0 Å². The Kier molecular flexibility index (Phi) is 14.1. The minimum absolute atomic E-state index is 0.170. The average molecular weight is 725 g/mol. The Morgan fingerprint density at radius 2 is 1.20 bits per heavy atom. The van der Waals surface area contributed by atoms with Gasteiger partial charge in [0.25, 0.3) is 0 Å². The van der Waals surface area contributed by atoms with Crippen molar-refractivity contribution in [2.75, 3.05) is 6.61 Å². The van der Waals surface area contributed by atoms with Gasteiger partial charge in [-0.3, -0.25) is 0 Å². The fraction of sp³-hybridized carbons (Fsp3) is 0.302. The van der Waals surface area contributed by atoms with Crippen LogP contribution in [0.2, 0.25) is 0 Å². The topological polar surface area (TPSA) is 71.1 Å². The van der Waals surface area contributed by atoms with Crippen molar-refractivity contribution in [1.82, 2.24) is 0 Å². The van der Waals surface area contributed by atoms with E-state index in [1.807, 2.05) is 38.1 Å². The summed E-state index contributed by atoms with van der Waals surface area (Å²) in [5, 5.41) is 0. The first kappa shape index (κ1) is 39.4. The number of benzene rings is 4. The molecule has 0 saturated heterocycles. The third kappa shape index (κ3) is 11.8. The van der Waals surface area contributed by atoms with Crippen molar-refractivity contribution in [3.05, 3.63) is 156 Å². The molecule has 0 aliphatic rings. The second-order valence-corrected chi connectivity index (χ2v) is 15.7. The monoisotopic (exact) mass is 724 g/mol. The molecule has 0 saturated carbocycles. The number of carbonyl (C=O) groups is 2. The third-order valence-electron chi connectivity index (χ3n) is 8.44.